The molecule has 4 rings (SSSR count). The van der Waals surface area contributed by atoms with Gasteiger partial charge in [-0.2, -0.15) is 0 Å². The first-order valence-corrected chi connectivity index (χ1v) is 13.0. The first kappa shape index (κ1) is 26.0. The van der Waals surface area contributed by atoms with Crippen LogP contribution in [0.3, 0.4) is 0 Å². The molecule has 9 heteroatoms. The molecule has 8 nitrogen and oxygen atoms in total. The Kier molecular flexibility index (Phi) is 8.58. The van der Waals surface area contributed by atoms with Crippen molar-refractivity contribution in [3.63, 3.8) is 0 Å². The maximum atomic E-state index is 12.9. The van der Waals surface area contributed by atoms with Crippen LogP contribution in [0.2, 0.25) is 0 Å². The molecule has 37 heavy (non-hydrogen) atoms. The molecule has 0 spiro atoms. The smallest absolute Gasteiger partial charge is 0.234 e. The third-order valence-corrected chi connectivity index (χ3v) is 6.53. The highest BCUT2D eigenvalue weighted by molar-refractivity contribution is 7.99. The minimum Gasteiger partial charge on any atom is -0.497 e. The molecule has 2 amide bonds. The number of ether oxygens (including phenoxy) is 1. The Bertz CT molecular complexity index is 1370. The summed E-state index contributed by atoms with van der Waals surface area (Å²) in [5.41, 5.74) is 3.99. The van der Waals surface area contributed by atoms with Gasteiger partial charge in [-0.15, -0.1) is 10.2 Å². The Morgan fingerprint density at radius 2 is 1.70 bits per heavy atom. The lowest BCUT2D eigenvalue weighted by molar-refractivity contribution is -0.116. The molecule has 0 atom stereocenters. The van der Waals surface area contributed by atoms with Crippen LogP contribution in [-0.2, 0) is 9.59 Å². The van der Waals surface area contributed by atoms with E-state index in [4.69, 9.17) is 4.74 Å². The van der Waals surface area contributed by atoms with Crippen molar-refractivity contribution in [2.45, 2.75) is 31.8 Å². The Labute approximate surface area is 220 Å². The fourth-order valence-electron chi connectivity index (χ4n) is 3.70. The molecule has 0 radical (unpaired) electrons. The quantitative estimate of drug-likeness (QED) is 0.262. The van der Waals surface area contributed by atoms with Crippen molar-refractivity contribution in [2.75, 3.05) is 23.5 Å². The second-order valence-electron chi connectivity index (χ2n) is 8.37. The number of rotatable bonds is 10. The monoisotopic (exact) mass is 515 g/mol. The zero-order valence-corrected chi connectivity index (χ0v) is 21.8. The molecule has 0 unspecified atom stereocenters. The van der Waals surface area contributed by atoms with E-state index in [-0.39, 0.29) is 17.6 Å². The molecule has 1 aromatic heterocycles. The van der Waals surface area contributed by atoms with Crippen LogP contribution in [0.5, 0.6) is 5.75 Å². The number of nitrogens with zero attached hydrogens (tertiary/aromatic N) is 3. The minimum absolute atomic E-state index is 0.0490. The summed E-state index contributed by atoms with van der Waals surface area (Å²) in [6.07, 6.45) is 1.22. The molecule has 2 N–H and O–H groups in total. The molecule has 3 aromatic carbocycles. The highest BCUT2D eigenvalue weighted by atomic mass is 32.2. The van der Waals surface area contributed by atoms with Crippen molar-refractivity contribution in [3.05, 3.63) is 78.4 Å². The van der Waals surface area contributed by atoms with Gasteiger partial charge in [-0.1, -0.05) is 43.0 Å². The molecule has 0 bridgehead atoms. The standard InChI is InChI=1S/C28H29N5O3S/c1-4-8-25(34)29-21-14-11-19(2)24(17-21)30-26(35)18-37-28-32-31-27(20-12-15-23(36-3)16-13-20)33(28)22-9-6-5-7-10-22/h5-7,9-17H,4,8,18H2,1-3H3,(H,29,34)(H,30,35). The summed E-state index contributed by atoms with van der Waals surface area (Å²) in [5.74, 6) is 1.33. The van der Waals surface area contributed by atoms with Gasteiger partial charge in [0.2, 0.25) is 11.8 Å². The van der Waals surface area contributed by atoms with Crippen LogP contribution >= 0.6 is 11.8 Å². The molecule has 1 heterocycles. The Balaban J connectivity index is 1.51. The zero-order chi connectivity index (χ0) is 26.2. The molecule has 0 aliphatic rings. The van der Waals surface area contributed by atoms with Gasteiger partial charge in [-0.05, 0) is 67.4 Å². The normalized spacial score (nSPS) is 10.7. The topological polar surface area (TPSA) is 98.1 Å². The second-order valence-corrected chi connectivity index (χ2v) is 9.31. The lowest BCUT2D eigenvalue weighted by Crippen LogP contribution is -2.16. The second kappa shape index (κ2) is 12.2. The third kappa shape index (κ3) is 6.56. The van der Waals surface area contributed by atoms with Crippen molar-refractivity contribution in [1.82, 2.24) is 14.8 Å². The van der Waals surface area contributed by atoms with E-state index in [1.807, 2.05) is 85.1 Å². The number of benzene rings is 3. The number of para-hydroxylation sites is 1. The van der Waals surface area contributed by atoms with E-state index in [0.717, 1.165) is 29.0 Å². The number of thioether (sulfide) groups is 1. The lowest BCUT2D eigenvalue weighted by atomic mass is 10.1. The number of aryl methyl sites for hydroxylation is 1. The molecule has 0 aliphatic heterocycles. The van der Waals surface area contributed by atoms with Gasteiger partial charge < -0.3 is 15.4 Å². The first-order chi connectivity index (χ1) is 18.0. The molecule has 0 saturated heterocycles. The highest BCUT2D eigenvalue weighted by Crippen LogP contribution is 2.29. The van der Waals surface area contributed by atoms with Gasteiger partial charge in [0.25, 0.3) is 0 Å². The van der Waals surface area contributed by atoms with Gasteiger partial charge in [-0.3, -0.25) is 14.2 Å². The largest absolute Gasteiger partial charge is 0.497 e. The van der Waals surface area contributed by atoms with E-state index in [0.29, 0.717) is 28.8 Å². The van der Waals surface area contributed by atoms with Crippen LogP contribution in [0.4, 0.5) is 11.4 Å². The summed E-state index contributed by atoms with van der Waals surface area (Å²) in [7, 11) is 1.63. The van der Waals surface area contributed by atoms with E-state index < -0.39 is 0 Å². The minimum atomic E-state index is -0.182. The number of methoxy groups -OCH3 is 1. The number of anilines is 2. The average Bonchev–Trinajstić information content (AvgIpc) is 3.34. The van der Waals surface area contributed by atoms with Gasteiger partial charge in [-0.25, -0.2) is 0 Å². The summed E-state index contributed by atoms with van der Waals surface area (Å²) >= 11 is 1.30. The maximum absolute atomic E-state index is 12.9. The average molecular weight is 516 g/mol. The number of carbonyl (C=O) groups excluding carboxylic acids is 2. The number of hydrogen-bond acceptors (Lipinski definition) is 6. The molecule has 0 saturated carbocycles. The van der Waals surface area contributed by atoms with Crippen LogP contribution in [-0.4, -0.2) is 39.4 Å². The van der Waals surface area contributed by atoms with Crippen molar-refractivity contribution in [2.24, 2.45) is 0 Å². The van der Waals surface area contributed by atoms with E-state index in [9.17, 15) is 9.59 Å². The molecule has 4 aromatic rings. The fraction of sp³-hybridized carbons (Fsp3) is 0.214. The van der Waals surface area contributed by atoms with Crippen molar-refractivity contribution in [3.8, 4) is 22.8 Å². The van der Waals surface area contributed by atoms with E-state index in [1.54, 1.807) is 13.2 Å². The SMILES string of the molecule is CCCC(=O)Nc1ccc(C)c(NC(=O)CSc2nnc(-c3ccc(OC)cc3)n2-c2ccccc2)c1. The maximum Gasteiger partial charge on any atom is 0.234 e. The summed E-state index contributed by atoms with van der Waals surface area (Å²) in [4.78, 5) is 24.8. The van der Waals surface area contributed by atoms with Crippen molar-refractivity contribution >= 4 is 35.0 Å². The van der Waals surface area contributed by atoms with Crippen molar-refractivity contribution < 1.29 is 14.3 Å². The van der Waals surface area contributed by atoms with Crippen LogP contribution in [0.25, 0.3) is 17.1 Å². The first-order valence-electron chi connectivity index (χ1n) is 12.0. The number of nitrogens with one attached hydrogen (secondary N) is 2. The van der Waals surface area contributed by atoms with E-state index in [2.05, 4.69) is 20.8 Å². The molecule has 0 fully saturated rings. The molecule has 0 aliphatic carbocycles. The molecular weight excluding hydrogens is 486 g/mol. The van der Waals surface area contributed by atoms with Gasteiger partial charge in [0, 0.05) is 29.0 Å². The number of hydrogen-bond donors (Lipinski definition) is 2. The van der Waals surface area contributed by atoms with Crippen LogP contribution < -0.4 is 15.4 Å². The Morgan fingerprint density at radius 3 is 2.41 bits per heavy atom. The predicted octanol–water partition coefficient (Wildman–Crippen LogP) is 5.72. The van der Waals surface area contributed by atoms with Crippen molar-refractivity contribution in [1.29, 1.82) is 0 Å². The number of carbonyl (C=O) groups is 2. The number of amides is 2. The predicted molar refractivity (Wildman–Crippen MR) is 147 cm³/mol. The van der Waals surface area contributed by atoms with Gasteiger partial charge in [0.1, 0.15) is 5.75 Å². The van der Waals surface area contributed by atoms with Crippen LogP contribution in [0, 0.1) is 6.92 Å². The van der Waals surface area contributed by atoms with Gasteiger partial charge in [0.05, 0.1) is 12.9 Å². The fourth-order valence-corrected chi connectivity index (χ4v) is 4.45. The highest BCUT2D eigenvalue weighted by Gasteiger charge is 2.18. The Morgan fingerprint density at radius 1 is 0.946 bits per heavy atom. The van der Waals surface area contributed by atoms with Crippen LogP contribution in [0.15, 0.2) is 78.0 Å². The molecule has 190 valence electrons. The van der Waals surface area contributed by atoms with E-state index >= 15 is 0 Å². The van der Waals surface area contributed by atoms with E-state index in [1.165, 1.54) is 11.8 Å². The zero-order valence-electron chi connectivity index (χ0n) is 21.0. The van der Waals surface area contributed by atoms with Gasteiger partial charge >= 0.3 is 0 Å². The Hall–Kier alpha value is -4.11. The number of aromatic nitrogens is 3. The lowest BCUT2D eigenvalue weighted by Gasteiger charge is -2.12. The van der Waals surface area contributed by atoms with Gasteiger partial charge in [0.15, 0.2) is 11.0 Å². The molecular formula is C28H29N5O3S. The summed E-state index contributed by atoms with van der Waals surface area (Å²) in [5, 5.41) is 15.2. The summed E-state index contributed by atoms with van der Waals surface area (Å²) in [6, 6.07) is 22.9. The van der Waals surface area contributed by atoms with Crippen LogP contribution in [0.1, 0.15) is 25.3 Å². The third-order valence-electron chi connectivity index (χ3n) is 5.60. The summed E-state index contributed by atoms with van der Waals surface area (Å²) in [6.45, 7) is 3.87. The summed E-state index contributed by atoms with van der Waals surface area (Å²) < 4.78 is 7.21.